The number of aryl methyl sites for hydroxylation is 1. The molecule has 1 aliphatic heterocycles. The summed E-state index contributed by atoms with van der Waals surface area (Å²) in [5.41, 5.74) is 3.32. The summed E-state index contributed by atoms with van der Waals surface area (Å²) in [5, 5.41) is 11.9. The molecule has 0 spiro atoms. The summed E-state index contributed by atoms with van der Waals surface area (Å²) in [4.78, 5) is 19.1. The fourth-order valence-electron chi connectivity index (χ4n) is 4.01. The monoisotopic (exact) mass is 502 g/mol. The standard InChI is InChI=1S/C23H24N4S.C2HF3O2/c1-17-7-9-21(28-17)16-26-13-11-19(12-14-26)23-24-22-10-8-20(15-27(22)25-23)18-5-3-2-4-6-18;3-2(4,5)1(6)7/h2-10,15,19H,11-14,16H2,1H3;(H,6,7). The van der Waals surface area contributed by atoms with E-state index in [1.54, 1.807) is 0 Å². The molecule has 6 nitrogen and oxygen atoms in total. The van der Waals surface area contributed by atoms with Gasteiger partial charge in [-0.3, -0.25) is 4.90 Å². The fraction of sp³-hybridized carbons (Fsp3) is 0.320. The van der Waals surface area contributed by atoms with Gasteiger partial charge in [0, 0.05) is 34.0 Å². The highest BCUT2D eigenvalue weighted by atomic mass is 32.1. The minimum atomic E-state index is -5.08. The van der Waals surface area contributed by atoms with Gasteiger partial charge in [0.15, 0.2) is 11.5 Å². The summed E-state index contributed by atoms with van der Waals surface area (Å²) in [6.07, 6.45) is -0.727. The van der Waals surface area contributed by atoms with Crippen LogP contribution in [-0.2, 0) is 11.3 Å². The lowest BCUT2D eigenvalue weighted by Crippen LogP contribution is -2.32. The number of carboxylic acids is 1. The Hall–Kier alpha value is -3.24. The van der Waals surface area contributed by atoms with Gasteiger partial charge in [-0.15, -0.1) is 11.3 Å². The van der Waals surface area contributed by atoms with E-state index in [0.29, 0.717) is 5.92 Å². The molecule has 1 aromatic carbocycles. The third kappa shape index (κ3) is 6.46. The first kappa shape index (κ1) is 24.9. The van der Waals surface area contributed by atoms with Crippen molar-refractivity contribution in [3.8, 4) is 11.1 Å². The van der Waals surface area contributed by atoms with E-state index in [2.05, 4.69) is 66.6 Å². The zero-order valence-corrected chi connectivity index (χ0v) is 19.9. The van der Waals surface area contributed by atoms with Gasteiger partial charge in [-0.25, -0.2) is 14.3 Å². The Morgan fingerprint density at radius 3 is 2.34 bits per heavy atom. The van der Waals surface area contributed by atoms with Gasteiger partial charge in [-0.1, -0.05) is 30.3 Å². The Morgan fingerprint density at radius 1 is 1.06 bits per heavy atom. The second-order valence-electron chi connectivity index (χ2n) is 8.42. The van der Waals surface area contributed by atoms with Gasteiger partial charge in [0.25, 0.3) is 0 Å². The molecule has 1 aliphatic rings. The third-order valence-corrected chi connectivity index (χ3v) is 6.81. The molecule has 1 fully saturated rings. The molecule has 0 amide bonds. The summed E-state index contributed by atoms with van der Waals surface area (Å²) < 4.78 is 33.7. The molecule has 0 atom stereocenters. The molecule has 184 valence electrons. The van der Waals surface area contributed by atoms with E-state index < -0.39 is 12.1 Å². The van der Waals surface area contributed by atoms with Crippen LogP contribution >= 0.6 is 11.3 Å². The lowest BCUT2D eigenvalue weighted by molar-refractivity contribution is -0.192. The van der Waals surface area contributed by atoms with Gasteiger partial charge in [-0.2, -0.15) is 18.3 Å². The normalized spacial score (nSPS) is 15.1. The number of halogens is 3. The smallest absolute Gasteiger partial charge is 0.475 e. The minimum absolute atomic E-state index is 0.460. The van der Waals surface area contributed by atoms with Crippen molar-refractivity contribution >= 4 is 23.0 Å². The van der Waals surface area contributed by atoms with Gasteiger partial charge in [0.1, 0.15) is 0 Å². The van der Waals surface area contributed by atoms with Crippen molar-refractivity contribution in [2.75, 3.05) is 13.1 Å². The molecular weight excluding hydrogens is 477 g/mol. The predicted molar refractivity (Wildman–Crippen MR) is 128 cm³/mol. The number of carboxylic acid groups (broad SMARTS) is 1. The maximum Gasteiger partial charge on any atom is 0.490 e. The van der Waals surface area contributed by atoms with Crippen LogP contribution in [0.1, 0.15) is 34.3 Å². The Labute approximate surface area is 204 Å². The van der Waals surface area contributed by atoms with Gasteiger partial charge >= 0.3 is 12.1 Å². The zero-order chi connectivity index (χ0) is 25.0. The molecule has 0 aliphatic carbocycles. The van der Waals surface area contributed by atoms with E-state index in [4.69, 9.17) is 20.0 Å². The summed E-state index contributed by atoms with van der Waals surface area (Å²) in [6, 6.07) is 19.1. The fourth-order valence-corrected chi connectivity index (χ4v) is 4.95. The number of aromatic nitrogens is 3. The number of thiophene rings is 1. The topological polar surface area (TPSA) is 70.7 Å². The number of carbonyl (C=O) groups is 1. The van der Waals surface area contributed by atoms with E-state index in [9.17, 15) is 13.2 Å². The first-order valence-corrected chi connectivity index (χ1v) is 12.0. The average molecular weight is 503 g/mol. The molecular formula is C25H25F3N4O2S. The van der Waals surface area contributed by atoms with E-state index in [1.165, 1.54) is 20.9 Å². The first-order chi connectivity index (χ1) is 16.7. The molecule has 35 heavy (non-hydrogen) atoms. The van der Waals surface area contributed by atoms with Gasteiger partial charge < -0.3 is 5.11 Å². The largest absolute Gasteiger partial charge is 0.490 e. The lowest BCUT2D eigenvalue weighted by Gasteiger charge is -2.30. The molecule has 0 bridgehead atoms. The lowest BCUT2D eigenvalue weighted by atomic mass is 9.96. The highest BCUT2D eigenvalue weighted by Crippen LogP contribution is 2.28. The molecule has 0 unspecified atom stereocenters. The Bertz CT molecular complexity index is 1280. The van der Waals surface area contributed by atoms with Crippen LogP contribution in [0.3, 0.4) is 0 Å². The molecule has 1 saturated heterocycles. The van der Waals surface area contributed by atoms with Crippen molar-refractivity contribution in [2.45, 2.75) is 38.4 Å². The van der Waals surface area contributed by atoms with Crippen LogP contribution in [0.5, 0.6) is 0 Å². The van der Waals surface area contributed by atoms with Crippen LogP contribution < -0.4 is 0 Å². The molecule has 3 aromatic heterocycles. The van der Waals surface area contributed by atoms with Crippen molar-refractivity contribution in [3.05, 3.63) is 76.4 Å². The van der Waals surface area contributed by atoms with Crippen LogP contribution in [0, 0.1) is 6.92 Å². The zero-order valence-electron chi connectivity index (χ0n) is 19.1. The molecule has 0 saturated carbocycles. The quantitative estimate of drug-likeness (QED) is 0.383. The number of pyridine rings is 1. The SMILES string of the molecule is Cc1ccc(CN2CCC(c3nc4ccc(-c5ccccc5)cn4n3)CC2)s1.O=C(O)C(F)(F)F. The van der Waals surface area contributed by atoms with Gasteiger partial charge in [0.2, 0.25) is 0 Å². The Balaban J connectivity index is 0.000000364. The average Bonchev–Trinajstić information content (AvgIpc) is 3.45. The van der Waals surface area contributed by atoms with Gasteiger partial charge in [0.05, 0.1) is 0 Å². The molecule has 10 heteroatoms. The molecule has 5 rings (SSSR count). The number of likely N-dealkylation sites (tertiary alicyclic amines) is 1. The Morgan fingerprint density at radius 2 is 1.74 bits per heavy atom. The molecule has 1 N–H and O–H groups in total. The number of hydrogen-bond acceptors (Lipinski definition) is 5. The number of alkyl halides is 3. The van der Waals surface area contributed by atoms with Gasteiger partial charge in [-0.05, 0) is 62.7 Å². The minimum Gasteiger partial charge on any atom is -0.475 e. The number of hydrogen-bond donors (Lipinski definition) is 1. The van der Waals surface area contributed by atoms with E-state index in [-0.39, 0.29) is 0 Å². The molecule has 4 aromatic rings. The Kier molecular flexibility index (Phi) is 7.51. The summed E-state index contributed by atoms with van der Waals surface area (Å²) in [5.74, 6) is -1.30. The van der Waals surface area contributed by atoms with Crippen LogP contribution in [0.25, 0.3) is 16.8 Å². The summed E-state index contributed by atoms with van der Waals surface area (Å²) >= 11 is 1.91. The van der Waals surface area contributed by atoms with Crippen LogP contribution in [-0.4, -0.2) is 49.8 Å². The first-order valence-electron chi connectivity index (χ1n) is 11.2. The number of nitrogens with zero attached hydrogens (tertiary/aromatic N) is 4. The maximum absolute atomic E-state index is 10.6. The molecule has 0 radical (unpaired) electrons. The maximum atomic E-state index is 10.6. The second-order valence-corrected chi connectivity index (χ2v) is 9.79. The van der Waals surface area contributed by atoms with Crippen molar-refractivity contribution in [3.63, 3.8) is 0 Å². The highest BCUT2D eigenvalue weighted by Gasteiger charge is 2.38. The van der Waals surface area contributed by atoms with E-state index >= 15 is 0 Å². The van der Waals surface area contributed by atoms with Crippen molar-refractivity contribution in [2.24, 2.45) is 0 Å². The van der Waals surface area contributed by atoms with Crippen molar-refractivity contribution < 1.29 is 23.1 Å². The number of rotatable bonds is 4. The molecule has 4 heterocycles. The number of aliphatic carboxylic acids is 1. The van der Waals surface area contributed by atoms with Crippen molar-refractivity contribution in [1.82, 2.24) is 19.5 Å². The van der Waals surface area contributed by atoms with Crippen LogP contribution in [0.15, 0.2) is 60.8 Å². The van der Waals surface area contributed by atoms with E-state index in [0.717, 1.165) is 43.9 Å². The number of piperidine rings is 1. The summed E-state index contributed by atoms with van der Waals surface area (Å²) in [7, 11) is 0. The highest BCUT2D eigenvalue weighted by molar-refractivity contribution is 7.11. The van der Waals surface area contributed by atoms with Crippen LogP contribution in [0.4, 0.5) is 13.2 Å². The third-order valence-electron chi connectivity index (χ3n) is 5.83. The predicted octanol–water partition coefficient (Wildman–Crippen LogP) is 5.78. The van der Waals surface area contributed by atoms with Crippen LogP contribution in [0.2, 0.25) is 0 Å². The van der Waals surface area contributed by atoms with E-state index in [1.807, 2.05) is 21.9 Å². The number of benzene rings is 1. The second kappa shape index (κ2) is 10.6. The summed E-state index contributed by atoms with van der Waals surface area (Å²) in [6.45, 7) is 5.49. The number of fused-ring (bicyclic) bond motifs is 1. The van der Waals surface area contributed by atoms with Crippen molar-refractivity contribution in [1.29, 1.82) is 0 Å².